The van der Waals surface area contributed by atoms with Gasteiger partial charge in [0.05, 0.1) is 0 Å². The summed E-state index contributed by atoms with van der Waals surface area (Å²) in [6.45, 7) is 4.49. The highest BCUT2D eigenvalue weighted by atomic mass is 127. The highest BCUT2D eigenvalue weighted by Crippen LogP contribution is 2.26. The van der Waals surface area contributed by atoms with Crippen LogP contribution in [0.4, 0.5) is 5.69 Å². The van der Waals surface area contributed by atoms with Gasteiger partial charge in [-0.15, -0.1) is 0 Å². The Morgan fingerprint density at radius 2 is 2.07 bits per heavy atom. The number of rotatable bonds is 4. The molecule has 0 aliphatic carbocycles. The summed E-state index contributed by atoms with van der Waals surface area (Å²) in [5.41, 5.74) is 7.76. The van der Waals surface area contributed by atoms with Crippen molar-refractivity contribution in [3.05, 3.63) is 26.3 Å². The summed E-state index contributed by atoms with van der Waals surface area (Å²) in [6, 6.07) is 3.95. The van der Waals surface area contributed by atoms with Gasteiger partial charge in [-0.05, 0) is 59.0 Å². The monoisotopic (exact) mass is 337 g/mol. The topological polar surface area (TPSA) is 26.0 Å². The van der Waals surface area contributed by atoms with E-state index in [9.17, 15) is 0 Å². The molecule has 0 aliphatic heterocycles. The molecular formula is C12H17ClIN. The molecule has 3 heteroatoms. The maximum Gasteiger partial charge on any atom is 0.0464 e. The Morgan fingerprint density at radius 3 is 2.67 bits per heavy atom. The van der Waals surface area contributed by atoms with E-state index >= 15 is 0 Å². The Morgan fingerprint density at radius 1 is 1.40 bits per heavy atom. The lowest BCUT2D eigenvalue weighted by Gasteiger charge is -2.08. The maximum absolute atomic E-state index is 6.13. The quantitative estimate of drug-likeness (QED) is 0.635. The Hall–Kier alpha value is 0.0400. The molecule has 15 heavy (non-hydrogen) atoms. The van der Waals surface area contributed by atoms with Crippen molar-refractivity contribution in [1.82, 2.24) is 0 Å². The van der Waals surface area contributed by atoms with E-state index in [0.29, 0.717) is 0 Å². The lowest BCUT2D eigenvalue weighted by Crippen LogP contribution is -1.95. The molecule has 1 rings (SSSR count). The fourth-order valence-electron chi connectivity index (χ4n) is 1.50. The molecule has 0 bridgehead atoms. The van der Waals surface area contributed by atoms with Crippen LogP contribution in [0.3, 0.4) is 0 Å². The van der Waals surface area contributed by atoms with E-state index in [0.717, 1.165) is 26.6 Å². The Kier molecular flexibility index (Phi) is 5.19. The smallest absolute Gasteiger partial charge is 0.0464 e. The van der Waals surface area contributed by atoms with Crippen LogP contribution in [0.1, 0.15) is 32.3 Å². The van der Waals surface area contributed by atoms with Crippen LogP contribution in [0, 0.1) is 9.49 Å². The molecule has 0 heterocycles. The van der Waals surface area contributed by atoms with E-state index in [4.69, 9.17) is 17.3 Å². The molecular weight excluding hydrogens is 320 g/mol. The van der Waals surface area contributed by atoms with Crippen molar-refractivity contribution in [2.24, 2.45) is 5.92 Å². The molecule has 0 radical (unpaired) electrons. The number of halogens is 2. The number of anilines is 1. The SMILES string of the molecule is CC(C)CCCc1cc(I)c(N)cc1Cl. The van der Waals surface area contributed by atoms with Crippen LogP contribution in [0.5, 0.6) is 0 Å². The minimum atomic E-state index is 0.761. The Balaban J connectivity index is 2.65. The molecule has 1 aromatic rings. The third-order valence-corrected chi connectivity index (χ3v) is 3.68. The predicted molar refractivity (Wildman–Crippen MR) is 76.4 cm³/mol. The molecule has 0 saturated carbocycles. The van der Waals surface area contributed by atoms with Crippen molar-refractivity contribution in [3.8, 4) is 0 Å². The van der Waals surface area contributed by atoms with E-state index < -0.39 is 0 Å². The van der Waals surface area contributed by atoms with Gasteiger partial charge in [-0.2, -0.15) is 0 Å². The highest BCUT2D eigenvalue weighted by Gasteiger charge is 2.05. The second-order valence-electron chi connectivity index (χ2n) is 4.25. The normalized spacial score (nSPS) is 11.0. The Bertz CT molecular complexity index is 337. The lowest BCUT2D eigenvalue weighted by atomic mass is 10.0. The summed E-state index contributed by atoms with van der Waals surface area (Å²) in [5, 5.41) is 0.802. The molecule has 0 aromatic heterocycles. The summed E-state index contributed by atoms with van der Waals surface area (Å²) in [7, 11) is 0. The van der Waals surface area contributed by atoms with Crippen molar-refractivity contribution in [2.45, 2.75) is 33.1 Å². The third kappa shape index (κ3) is 4.19. The van der Waals surface area contributed by atoms with Crippen LogP contribution in [-0.4, -0.2) is 0 Å². The summed E-state index contributed by atoms with van der Waals surface area (Å²) in [5.74, 6) is 0.761. The first kappa shape index (κ1) is 13.1. The number of nitrogens with two attached hydrogens (primary N) is 1. The first-order valence-corrected chi connectivity index (χ1v) is 6.69. The molecule has 0 fully saturated rings. The molecule has 0 spiro atoms. The lowest BCUT2D eigenvalue weighted by molar-refractivity contribution is 0.556. The fourth-order valence-corrected chi connectivity index (χ4v) is 2.29. The van der Waals surface area contributed by atoms with Gasteiger partial charge in [0.25, 0.3) is 0 Å². The van der Waals surface area contributed by atoms with Gasteiger partial charge in [0, 0.05) is 14.3 Å². The second-order valence-corrected chi connectivity index (χ2v) is 5.82. The molecule has 0 amide bonds. The van der Waals surface area contributed by atoms with Gasteiger partial charge < -0.3 is 5.73 Å². The molecule has 0 aliphatic rings. The molecule has 2 N–H and O–H groups in total. The van der Waals surface area contributed by atoms with E-state index in [1.807, 2.05) is 6.07 Å². The first-order chi connectivity index (χ1) is 7.00. The van der Waals surface area contributed by atoms with Gasteiger partial charge in [0.2, 0.25) is 0 Å². The largest absolute Gasteiger partial charge is 0.398 e. The van der Waals surface area contributed by atoms with Crippen LogP contribution >= 0.6 is 34.2 Å². The summed E-state index contributed by atoms with van der Waals surface area (Å²) in [6.07, 6.45) is 3.49. The standard InChI is InChI=1S/C12H17ClIN/c1-8(2)4-3-5-9-6-11(14)12(15)7-10(9)13/h6-8H,3-5,15H2,1-2H3. The second kappa shape index (κ2) is 5.94. The maximum atomic E-state index is 6.13. The Labute approximate surface area is 111 Å². The van der Waals surface area contributed by atoms with E-state index in [1.165, 1.54) is 18.4 Å². The zero-order valence-corrected chi connectivity index (χ0v) is 12.1. The molecule has 84 valence electrons. The average Bonchev–Trinajstić information content (AvgIpc) is 2.13. The van der Waals surface area contributed by atoms with Crippen molar-refractivity contribution >= 4 is 39.9 Å². The number of nitrogen functional groups attached to an aromatic ring is 1. The van der Waals surface area contributed by atoms with Crippen LogP contribution < -0.4 is 5.73 Å². The number of hydrogen-bond donors (Lipinski definition) is 1. The third-order valence-electron chi connectivity index (χ3n) is 2.39. The summed E-state index contributed by atoms with van der Waals surface area (Å²) >= 11 is 8.38. The van der Waals surface area contributed by atoms with Gasteiger partial charge in [-0.25, -0.2) is 0 Å². The minimum Gasteiger partial charge on any atom is -0.398 e. The van der Waals surface area contributed by atoms with Crippen LogP contribution in [0.2, 0.25) is 5.02 Å². The van der Waals surface area contributed by atoms with Crippen molar-refractivity contribution in [1.29, 1.82) is 0 Å². The summed E-state index contributed by atoms with van der Waals surface area (Å²) < 4.78 is 1.09. The van der Waals surface area contributed by atoms with Gasteiger partial charge in [-0.3, -0.25) is 0 Å². The summed E-state index contributed by atoms with van der Waals surface area (Å²) in [4.78, 5) is 0. The molecule has 1 aromatic carbocycles. The van der Waals surface area contributed by atoms with Crippen molar-refractivity contribution in [3.63, 3.8) is 0 Å². The molecule has 0 saturated heterocycles. The molecule has 0 atom stereocenters. The van der Waals surface area contributed by atoms with Crippen molar-refractivity contribution in [2.75, 3.05) is 5.73 Å². The first-order valence-electron chi connectivity index (χ1n) is 5.24. The van der Waals surface area contributed by atoms with Gasteiger partial charge in [-0.1, -0.05) is 31.9 Å². The van der Waals surface area contributed by atoms with Crippen LogP contribution in [0.25, 0.3) is 0 Å². The zero-order chi connectivity index (χ0) is 11.4. The van der Waals surface area contributed by atoms with Crippen LogP contribution in [-0.2, 0) is 6.42 Å². The fraction of sp³-hybridized carbons (Fsp3) is 0.500. The van der Waals surface area contributed by atoms with E-state index in [2.05, 4.69) is 42.5 Å². The highest BCUT2D eigenvalue weighted by molar-refractivity contribution is 14.1. The minimum absolute atomic E-state index is 0.761. The average molecular weight is 338 g/mol. The van der Waals surface area contributed by atoms with Crippen LogP contribution in [0.15, 0.2) is 12.1 Å². The predicted octanol–water partition coefficient (Wildman–Crippen LogP) is 4.51. The number of hydrogen-bond acceptors (Lipinski definition) is 1. The number of benzene rings is 1. The molecule has 0 unspecified atom stereocenters. The number of aryl methyl sites for hydroxylation is 1. The van der Waals surface area contributed by atoms with Gasteiger partial charge in [0.1, 0.15) is 0 Å². The van der Waals surface area contributed by atoms with E-state index in [-0.39, 0.29) is 0 Å². The van der Waals surface area contributed by atoms with Crippen molar-refractivity contribution < 1.29 is 0 Å². The zero-order valence-electron chi connectivity index (χ0n) is 9.19. The molecule has 1 nitrogen and oxygen atoms in total. The van der Waals surface area contributed by atoms with Gasteiger partial charge in [0.15, 0.2) is 0 Å². The van der Waals surface area contributed by atoms with Gasteiger partial charge >= 0.3 is 0 Å². The van der Waals surface area contributed by atoms with E-state index in [1.54, 1.807) is 0 Å².